The van der Waals surface area contributed by atoms with Gasteiger partial charge in [0.2, 0.25) is 12.5 Å². The summed E-state index contributed by atoms with van der Waals surface area (Å²) in [5.74, 6) is 1.51. The molecule has 1 N–H and O–H groups in total. The van der Waals surface area contributed by atoms with E-state index in [4.69, 9.17) is 26.4 Å². The Morgan fingerprint density at radius 2 is 2.07 bits per heavy atom. The van der Waals surface area contributed by atoms with Crippen LogP contribution in [0.15, 0.2) is 36.4 Å². The molecule has 28 heavy (non-hydrogen) atoms. The molecule has 0 amide bonds. The molecule has 2 aromatic rings. The van der Waals surface area contributed by atoms with Crippen molar-refractivity contribution in [3.63, 3.8) is 0 Å². The Labute approximate surface area is 170 Å². The zero-order valence-corrected chi connectivity index (χ0v) is 16.9. The van der Waals surface area contributed by atoms with E-state index in [0.717, 1.165) is 24.8 Å². The zero-order valence-electron chi connectivity index (χ0n) is 16.1. The van der Waals surface area contributed by atoms with Gasteiger partial charge in [0.15, 0.2) is 22.9 Å². The minimum Gasteiger partial charge on any atom is -0.492 e. The monoisotopic (exact) mass is 400 g/mol. The van der Waals surface area contributed by atoms with Crippen LogP contribution in [0.3, 0.4) is 0 Å². The van der Waals surface area contributed by atoms with Gasteiger partial charge in [-0.3, -0.25) is 4.79 Å². The fourth-order valence-corrected chi connectivity index (χ4v) is 3.29. The van der Waals surface area contributed by atoms with Crippen LogP contribution in [0.1, 0.15) is 21.5 Å². The number of nitrogens with one attached hydrogen (secondary N) is 1. The summed E-state index contributed by atoms with van der Waals surface area (Å²) in [6, 6.07) is 12.1. The van der Waals surface area contributed by atoms with Gasteiger partial charge in [-0.05, 0) is 42.3 Å². The van der Waals surface area contributed by atoms with Crippen LogP contribution in [0.25, 0.3) is 0 Å². The van der Waals surface area contributed by atoms with E-state index >= 15 is 0 Å². The fourth-order valence-electron chi connectivity index (χ4n) is 3.10. The molecule has 0 bridgehead atoms. The van der Waals surface area contributed by atoms with Crippen molar-refractivity contribution in [3.8, 4) is 17.2 Å². The van der Waals surface area contributed by atoms with Crippen LogP contribution >= 0.6 is 12.2 Å². The lowest BCUT2D eigenvalue weighted by molar-refractivity contribution is 0.111. The van der Waals surface area contributed by atoms with Crippen LogP contribution in [0.5, 0.6) is 17.2 Å². The Morgan fingerprint density at radius 1 is 1.29 bits per heavy atom. The van der Waals surface area contributed by atoms with E-state index < -0.39 is 0 Å². The number of nitrogens with zero attached hydrogens (tertiary/aromatic N) is 1. The molecule has 0 aromatic heterocycles. The van der Waals surface area contributed by atoms with Crippen molar-refractivity contribution in [2.24, 2.45) is 0 Å². The summed E-state index contributed by atoms with van der Waals surface area (Å²) >= 11 is 5.47. The first-order valence-corrected chi connectivity index (χ1v) is 9.52. The molecule has 0 unspecified atom stereocenters. The molecule has 148 valence electrons. The molecule has 0 saturated carbocycles. The van der Waals surface area contributed by atoms with Gasteiger partial charge in [0.25, 0.3) is 0 Å². The Kier molecular flexibility index (Phi) is 6.71. The molecule has 3 rings (SSSR count). The van der Waals surface area contributed by atoms with Crippen LogP contribution in [0.4, 0.5) is 0 Å². The van der Waals surface area contributed by atoms with Crippen molar-refractivity contribution < 1.29 is 19.0 Å². The summed E-state index contributed by atoms with van der Waals surface area (Å²) in [7, 11) is 3.45. The Bertz CT molecular complexity index is 842. The maximum absolute atomic E-state index is 11.6. The van der Waals surface area contributed by atoms with Gasteiger partial charge in [-0.15, -0.1) is 0 Å². The number of hydrogen-bond acceptors (Lipinski definition) is 5. The number of thiocarbonyl (C=S) groups is 1. The second-order valence-electron chi connectivity index (χ2n) is 6.47. The summed E-state index contributed by atoms with van der Waals surface area (Å²) in [6.07, 6.45) is 2.33. The van der Waals surface area contributed by atoms with E-state index in [0.29, 0.717) is 40.9 Å². The number of likely N-dealkylation sites (N-methyl/N-ethyl adjacent to an activating group) is 1. The lowest BCUT2D eigenvalue weighted by Gasteiger charge is -2.22. The summed E-state index contributed by atoms with van der Waals surface area (Å²) in [5.41, 5.74) is 2.60. The van der Waals surface area contributed by atoms with E-state index in [1.807, 2.05) is 36.2 Å². The van der Waals surface area contributed by atoms with Gasteiger partial charge in [0, 0.05) is 20.1 Å². The number of fused-ring (bicyclic) bond motifs is 1. The highest BCUT2D eigenvalue weighted by molar-refractivity contribution is 7.80. The minimum atomic E-state index is 0.128. The number of carbonyl (C=O) groups is 1. The third-order valence-electron chi connectivity index (χ3n) is 4.66. The first kappa shape index (κ1) is 19.9. The quantitative estimate of drug-likeness (QED) is 0.540. The summed E-state index contributed by atoms with van der Waals surface area (Å²) in [6.45, 7) is 1.55. The van der Waals surface area contributed by atoms with Crippen LogP contribution in [0.2, 0.25) is 0 Å². The maximum Gasteiger partial charge on any atom is 0.231 e. The van der Waals surface area contributed by atoms with Gasteiger partial charge in [-0.25, -0.2) is 0 Å². The normalized spacial score (nSPS) is 11.8. The summed E-state index contributed by atoms with van der Waals surface area (Å²) < 4.78 is 16.3. The van der Waals surface area contributed by atoms with Gasteiger partial charge in [0.05, 0.1) is 12.7 Å². The van der Waals surface area contributed by atoms with Crippen molar-refractivity contribution in [2.45, 2.75) is 12.8 Å². The third kappa shape index (κ3) is 4.54. The van der Waals surface area contributed by atoms with E-state index in [9.17, 15) is 4.79 Å². The lowest BCUT2D eigenvalue weighted by atomic mass is 10.0. The van der Waals surface area contributed by atoms with Gasteiger partial charge in [-0.2, -0.15) is 0 Å². The van der Waals surface area contributed by atoms with E-state index in [2.05, 4.69) is 17.4 Å². The number of carbonyl (C=O) groups excluding carboxylic acids is 1. The van der Waals surface area contributed by atoms with Crippen molar-refractivity contribution in [1.82, 2.24) is 10.2 Å². The van der Waals surface area contributed by atoms with E-state index in [1.165, 1.54) is 12.7 Å². The van der Waals surface area contributed by atoms with Gasteiger partial charge in [-0.1, -0.05) is 30.3 Å². The number of benzene rings is 2. The predicted molar refractivity (Wildman–Crippen MR) is 112 cm³/mol. The SMILES string of the molecule is COc1c(C=O)c(CCN(C)C(=S)NCCc2ccccc2)cc2c1OCO2. The molecule has 1 heterocycles. The molecule has 0 radical (unpaired) electrons. The molecule has 0 fully saturated rings. The molecule has 2 aromatic carbocycles. The molecule has 0 saturated heterocycles. The number of ether oxygens (including phenoxy) is 3. The highest BCUT2D eigenvalue weighted by Gasteiger charge is 2.25. The lowest BCUT2D eigenvalue weighted by Crippen LogP contribution is -2.39. The second kappa shape index (κ2) is 9.41. The van der Waals surface area contributed by atoms with Gasteiger partial charge >= 0.3 is 0 Å². The molecular weight excluding hydrogens is 376 g/mol. The van der Waals surface area contributed by atoms with Crippen LogP contribution in [-0.4, -0.2) is 50.3 Å². The number of rotatable bonds is 8. The van der Waals surface area contributed by atoms with Crippen LogP contribution in [0, 0.1) is 0 Å². The average molecular weight is 401 g/mol. The smallest absolute Gasteiger partial charge is 0.231 e. The predicted octanol–water partition coefficient (Wildman–Crippen LogP) is 2.83. The van der Waals surface area contributed by atoms with Crippen LogP contribution in [-0.2, 0) is 12.8 Å². The fraction of sp³-hybridized carbons (Fsp3) is 0.333. The molecule has 0 aliphatic carbocycles. The molecule has 0 atom stereocenters. The number of hydrogen-bond donors (Lipinski definition) is 1. The molecule has 1 aliphatic rings. The maximum atomic E-state index is 11.6. The van der Waals surface area contributed by atoms with Gasteiger partial charge < -0.3 is 24.4 Å². The minimum absolute atomic E-state index is 0.128. The van der Waals surface area contributed by atoms with Crippen molar-refractivity contribution >= 4 is 23.6 Å². The average Bonchev–Trinajstić information content (AvgIpc) is 3.19. The number of methoxy groups -OCH3 is 1. The Balaban J connectivity index is 1.57. The van der Waals surface area contributed by atoms with Crippen molar-refractivity contribution in [3.05, 3.63) is 53.1 Å². The number of aldehydes is 1. The van der Waals surface area contributed by atoms with Crippen LogP contribution < -0.4 is 19.5 Å². The Hall–Kier alpha value is -2.80. The molecule has 6 nitrogen and oxygen atoms in total. The summed E-state index contributed by atoms with van der Waals surface area (Å²) in [4.78, 5) is 13.6. The van der Waals surface area contributed by atoms with Crippen molar-refractivity contribution in [1.29, 1.82) is 0 Å². The highest BCUT2D eigenvalue weighted by atomic mass is 32.1. The second-order valence-corrected chi connectivity index (χ2v) is 6.86. The van der Waals surface area contributed by atoms with E-state index in [-0.39, 0.29) is 6.79 Å². The standard InChI is InChI=1S/C21H24N2O4S/c1-23(21(28)22-10-8-15-6-4-3-5-7-15)11-9-16-12-18-20(27-14-26-18)19(25-2)17(16)13-24/h3-7,12-13H,8-11,14H2,1-2H3,(H,22,28). The highest BCUT2D eigenvalue weighted by Crippen LogP contribution is 2.44. The molecular formula is C21H24N2O4S. The molecule has 1 aliphatic heterocycles. The molecule has 7 heteroatoms. The summed E-state index contributed by atoms with van der Waals surface area (Å²) in [5, 5.41) is 3.96. The third-order valence-corrected chi connectivity index (χ3v) is 5.12. The van der Waals surface area contributed by atoms with Gasteiger partial charge in [0.1, 0.15) is 0 Å². The Morgan fingerprint density at radius 3 is 2.79 bits per heavy atom. The van der Waals surface area contributed by atoms with Crippen molar-refractivity contribution in [2.75, 3.05) is 34.0 Å². The first-order valence-electron chi connectivity index (χ1n) is 9.11. The molecule has 0 spiro atoms. The first-order chi connectivity index (χ1) is 13.6. The zero-order chi connectivity index (χ0) is 19.9. The topological polar surface area (TPSA) is 60.0 Å². The van der Waals surface area contributed by atoms with E-state index in [1.54, 1.807) is 0 Å². The largest absolute Gasteiger partial charge is 0.492 e.